The van der Waals surface area contributed by atoms with Crippen molar-refractivity contribution in [3.8, 4) is 0 Å². The van der Waals surface area contributed by atoms with Gasteiger partial charge in [-0.15, -0.1) is 0 Å². The summed E-state index contributed by atoms with van der Waals surface area (Å²) in [6, 6.07) is 8.39. The van der Waals surface area contributed by atoms with E-state index in [1.165, 1.54) is 24.3 Å². The second-order valence-electron chi connectivity index (χ2n) is 7.44. The van der Waals surface area contributed by atoms with Crippen LogP contribution in [-0.2, 0) is 17.4 Å². The van der Waals surface area contributed by atoms with E-state index in [0.29, 0.717) is 17.0 Å². The average molecular weight is 509 g/mol. The first-order chi connectivity index (χ1) is 16.0. The molecule has 182 valence electrons. The first kappa shape index (κ1) is 25.8. The van der Waals surface area contributed by atoms with Gasteiger partial charge in [-0.05, 0) is 42.0 Å². The minimum Gasteiger partial charge on any atom is -0.323 e. The number of alkyl halides is 3. The predicted octanol–water partition coefficient (Wildman–Crippen LogP) is 4.34. The Balaban J connectivity index is 0.00000342. The summed E-state index contributed by atoms with van der Waals surface area (Å²) in [6.07, 6.45) is -4.37. The van der Waals surface area contributed by atoms with Gasteiger partial charge in [0.15, 0.2) is 0 Å². The second-order valence-corrected chi connectivity index (χ2v) is 7.44. The lowest BCUT2D eigenvalue weighted by atomic mass is 10.0. The van der Waals surface area contributed by atoms with Crippen LogP contribution in [0.1, 0.15) is 32.0 Å². The van der Waals surface area contributed by atoms with Crippen molar-refractivity contribution in [2.45, 2.75) is 18.6 Å². The van der Waals surface area contributed by atoms with Crippen LogP contribution in [-0.4, -0.2) is 33.6 Å². The number of hydrogen-bond donors (Lipinski definition) is 1. The average Bonchev–Trinajstić information content (AvgIpc) is 3.01. The highest BCUT2D eigenvalue weighted by Crippen LogP contribution is 2.29. The van der Waals surface area contributed by atoms with E-state index in [4.69, 9.17) is 0 Å². The lowest BCUT2D eigenvalue weighted by Gasteiger charge is -2.25. The fraction of sp³-hybridized carbons (Fsp3) is 0.130. The van der Waals surface area contributed by atoms with Crippen molar-refractivity contribution >= 4 is 36.9 Å². The highest BCUT2D eigenvalue weighted by molar-refractivity contribution is 7.59. The molecular weight excluding hydrogens is 493 g/mol. The van der Waals surface area contributed by atoms with E-state index in [1.54, 1.807) is 0 Å². The lowest BCUT2D eigenvalue weighted by molar-refractivity contribution is -0.141. The van der Waals surface area contributed by atoms with Crippen molar-refractivity contribution in [2.75, 3.05) is 5.32 Å². The molecule has 1 atom stereocenters. The third kappa shape index (κ3) is 5.32. The Hall–Kier alpha value is -3.80. The van der Waals surface area contributed by atoms with Crippen LogP contribution in [0.15, 0.2) is 60.8 Å². The highest BCUT2D eigenvalue weighted by atomic mass is 32.1. The largest absolute Gasteiger partial charge is 0.433 e. The van der Waals surface area contributed by atoms with Gasteiger partial charge in [-0.1, -0.05) is 12.1 Å². The zero-order chi connectivity index (χ0) is 24.6. The second kappa shape index (κ2) is 9.82. The fourth-order valence-electron chi connectivity index (χ4n) is 3.61. The summed E-state index contributed by atoms with van der Waals surface area (Å²) < 4.78 is 65.7. The molecule has 35 heavy (non-hydrogen) atoms. The molecular formula is C23H16F5N3O3S. The van der Waals surface area contributed by atoms with Crippen LogP contribution in [0.4, 0.5) is 27.6 Å². The van der Waals surface area contributed by atoms with Crippen LogP contribution in [0.25, 0.3) is 0 Å². The molecule has 2 aromatic carbocycles. The first-order valence-electron chi connectivity index (χ1n) is 9.80. The van der Waals surface area contributed by atoms with Gasteiger partial charge in [0.05, 0.1) is 23.0 Å². The number of pyridine rings is 1. The van der Waals surface area contributed by atoms with Gasteiger partial charge in [0.2, 0.25) is 5.91 Å². The molecule has 1 aromatic heterocycles. The van der Waals surface area contributed by atoms with E-state index in [-0.39, 0.29) is 35.9 Å². The number of fused-ring (bicyclic) bond motifs is 1. The Kier molecular flexibility index (Phi) is 7.25. The topological polar surface area (TPSA) is 79.4 Å². The molecule has 0 radical (unpaired) electrons. The van der Waals surface area contributed by atoms with Crippen molar-refractivity contribution in [3.63, 3.8) is 0 Å². The number of amides is 3. The zero-order valence-electron chi connectivity index (χ0n) is 17.6. The fourth-order valence-corrected chi connectivity index (χ4v) is 3.61. The summed E-state index contributed by atoms with van der Waals surface area (Å²) in [6.45, 7) is 0. The SMILES string of the molecule is O=C(Nc1ccc(C(F)(F)F)nc1)[C@H](Cc1cc(F)cc(F)c1)N1C(=O)c2ccccc2C1=O.S. The van der Waals surface area contributed by atoms with Crippen molar-refractivity contribution in [1.82, 2.24) is 9.88 Å². The van der Waals surface area contributed by atoms with E-state index in [9.17, 15) is 36.3 Å². The number of aromatic nitrogens is 1. The number of anilines is 1. The quantitative estimate of drug-likeness (QED) is 0.410. The number of imide groups is 1. The Labute approximate surface area is 202 Å². The number of carbonyl (C=O) groups is 3. The van der Waals surface area contributed by atoms with Crippen LogP contribution < -0.4 is 5.32 Å². The molecule has 0 bridgehead atoms. The van der Waals surface area contributed by atoms with Gasteiger partial charge in [0.1, 0.15) is 23.4 Å². The first-order valence-corrected chi connectivity index (χ1v) is 9.80. The van der Waals surface area contributed by atoms with E-state index < -0.39 is 53.7 Å². The zero-order valence-corrected chi connectivity index (χ0v) is 18.6. The Bertz CT molecular complexity index is 1240. The highest BCUT2D eigenvalue weighted by Gasteiger charge is 2.43. The number of benzene rings is 2. The van der Waals surface area contributed by atoms with Gasteiger partial charge in [-0.25, -0.2) is 13.8 Å². The number of nitrogens with zero attached hydrogens (tertiary/aromatic N) is 2. The van der Waals surface area contributed by atoms with Crippen molar-refractivity contribution < 1.29 is 36.3 Å². The summed E-state index contributed by atoms with van der Waals surface area (Å²) in [7, 11) is 0. The molecule has 2 heterocycles. The predicted molar refractivity (Wildman–Crippen MR) is 119 cm³/mol. The van der Waals surface area contributed by atoms with E-state index >= 15 is 0 Å². The molecule has 12 heteroatoms. The molecule has 1 aliphatic heterocycles. The Morgan fingerprint density at radius 3 is 2.00 bits per heavy atom. The van der Waals surface area contributed by atoms with Gasteiger partial charge < -0.3 is 5.32 Å². The molecule has 1 N–H and O–H groups in total. The molecule has 4 rings (SSSR count). The minimum absolute atomic E-state index is 0. The van der Waals surface area contributed by atoms with E-state index in [1.807, 2.05) is 0 Å². The van der Waals surface area contributed by atoms with Gasteiger partial charge in [-0.3, -0.25) is 19.3 Å². The molecule has 3 amide bonds. The van der Waals surface area contributed by atoms with Crippen LogP contribution in [0.5, 0.6) is 0 Å². The number of hydrogen-bond acceptors (Lipinski definition) is 4. The van der Waals surface area contributed by atoms with Gasteiger partial charge in [0.25, 0.3) is 11.8 Å². The molecule has 1 aliphatic rings. The summed E-state index contributed by atoms with van der Waals surface area (Å²) in [5.74, 6) is -4.39. The van der Waals surface area contributed by atoms with Gasteiger partial charge in [0, 0.05) is 12.5 Å². The van der Waals surface area contributed by atoms with Crippen molar-refractivity contribution in [2.24, 2.45) is 0 Å². The summed E-state index contributed by atoms with van der Waals surface area (Å²) in [5.41, 5.74) is -1.23. The third-order valence-electron chi connectivity index (χ3n) is 5.11. The molecule has 0 unspecified atom stereocenters. The van der Waals surface area contributed by atoms with Gasteiger partial charge in [-0.2, -0.15) is 26.7 Å². The molecule has 0 aliphatic carbocycles. The van der Waals surface area contributed by atoms with E-state index in [2.05, 4.69) is 10.3 Å². The number of rotatable bonds is 5. The van der Waals surface area contributed by atoms with Crippen LogP contribution in [0, 0.1) is 11.6 Å². The maximum absolute atomic E-state index is 13.7. The smallest absolute Gasteiger partial charge is 0.323 e. The maximum Gasteiger partial charge on any atom is 0.433 e. The number of carbonyl (C=O) groups excluding carboxylic acids is 3. The molecule has 6 nitrogen and oxygen atoms in total. The molecule has 0 fully saturated rings. The number of halogens is 5. The standard InChI is InChI=1S/C23H14F5N3O3.H2S/c24-13-7-12(8-14(25)10-13)9-18(31-21(33)16-3-1-2-4-17(16)22(31)34)20(32)30-15-5-6-19(29-11-15)23(26,27)28;/h1-8,10-11,18H,9H2,(H,30,32);1H2/t18-;/m0./s1. The van der Waals surface area contributed by atoms with Crippen LogP contribution in [0.2, 0.25) is 0 Å². The molecule has 3 aromatic rings. The van der Waals surface area contributed by atoms with Crippen molar-refractivity contribution in [3.05, 3.63) is 94.8 Å². The lowest BCUT2D eigenvalue weighted by Crippen LogP contribution is -2.48. The molecule has 0 spiro atoms. The Morgan fingerprint density at radius 2 is 1.51 bits per heavy atom. The van der Waals surface area contributed by atoms with Crippen molar-refractivity contribution in [1.29, 1.82) is 0 Å². The molecule has 0 saturated carbocycles. The molecule has 0 saturated heterocycles. The van der Waals surface area contributed by atoms with Crippen LogP contribution >= 0.6 is 13.5 Å². The van der Waals surface area contributed by atoms with Gasteiger partial charge >= 0.3 is 6.18 Å². The summed E-state index contributed by atoms with van der Waals surface area (Å²) in [4.78, 5) is 42.9. The van der Waals surface area contributed by atoms with E-state index in [0.717, 1.165) is 24.4 Å². The summed E-state index contributed by atoms with van der Waals surface area (Å²) >= 11 is 0. The summed E-state index contributed by atoms with van der Waals surface area (Å²) in [5, 5.41) is 2.31. The Morgan fingerprint density at radius 1 is 0.943 bits per heavy atom. The third-order valence-corrected chi connectivity index (χ3v) is 5.11. The normalized spacial score (nSPS) is 13.8. The number of nitrogens with one attached hydrogen (secondary N) is 1. The van der Waals surface area contributed by atoms with Crippen LogP contribution in [0.3, 0.4) is 0 Å². The minimum atomic E-state index is -4.69. The monoisotopic (exact) mass is 509 g/mol. The maximum atomic E-state index is 13.7.